The molecule has 0 unspecified atom stereocenters. The number of aromatic amines is 1. The van der Waals surface area contributed by atoms with Crippen LogP contribution in [0.15, 0.2) is 46.8 Å². The van der Waals surface area contributed by atoms with Crippen LogP contribution in [0.3, 0.4) is 0 Å². The van der Waals surface area contributed by atoms with Crippen LogP contribution in [-0.2, 0) is 10.0 Å². The molecule has 3 rings (SSSR count). The summed E-state index contributed by atoms with van der Waals surface area (Å²) in [6.45, 7) is 3.85. The van der Waals surface area contributed by atoms with E-state index in [-0.39, 0.29) is 4.21 Å². The number of H-pyrrole nitrogens is 1. The molecule has 0 aliphatic rings. The Balaban J connectivity index is 1.92. The van der Waals surface area contributed by atoms with Gasteiger partial charge in [-0.25, -0.2) is 8.42 Å². The third-order valence-electron chi connectivity index (χ3n) is 3.46. The molecule has 2 N–H and O–H groups in total. The Morgan fingerprint density at radius 2 is 1.95 bits per heavy atom. The van der Waals surface area contributed by atoms with Crippen molar-refractivity contribution in [2.75, 3.05) is 4.72 Å². The van der Waals surface area contributed by atoms with Crippen LogP contribution in [0, 0.1) is 13.8 Å². The zero-order chi connectivity index (χ0) is 15.7. The molecule has 0 atom stereocenters. The van der Waals surface area contributed by atoms with E-state index in [2.05, 4.69) is 14.9 Å². The summed E-state index contributed by atoms with van der Waals surface area (Å²) in [5.41, 5.74) is 3.38. The number of aryl methyl sites for hydroxylation is 1. The van der Waals surface area contributed by atoms with Gasteiger partial charge in [0.2, 0.25) is 0 Å². The lowest BCUT2D eigenvalue weighted by molar-refractivity contribution is 0.603. The van der Waals surface area contributed by atoms with Gasteiger partial charge in [0.15, 0.2) is 0 Å². The highest BCUT2D eigenvalue weighted by molar-refractivity contribution is 7.94. The molecule has 0 fully saturated rings. The Hall–Kier alpha value is -2.12. The first-order valence-electron chi connectivity index (χ1n) is 6.66. The maximum absolute atomic E-state index is 12.5. The van der Waals surface area contributed by atoms with Crippen molar-refractivity contribution in [3.63, 3.8) is 0 Å². The van der Waals surface area contributed by atoms with Gasteiger partial charge in [-0.3, -0.25) is 9.82 Å². The maximum atomic E-state index is 12.5. The van der Waals surface area contributed by atoms with Gasteiger partial charge < -0.3 is 0 Å². The minimum absolute atomic E-state index is 0.276. The van der Waals surface area contributed by atoms with Crippen LogP contribution in [0.1, 0.15) is 11.1 Å². The van der Waals surface area contributed by atoms with Crippen LogP contribution in [0.25, 0.3) is 10.6 Å². The topological polar surface area (TPSA) is 74.8 Å². The van der Waals surface area contributed by atoms with Gasteiger partial charge in [0.05, 0.1) is 16.3 Å². The van der Waals surface area contributed by atoms with Crippen molar-refractivity contribution in [3.8, 4) is 10.6 Å². The summed E-state index contributed by atoms with van der Waals surface area (Å²) in [6.07, 6.45) is 1.64. The zero-order valence-electron chi connectivity index (χ0n) is 12.1. The summed E-state index contributed by atoms with van der Waals surface area (Å²) in [7, 11) is -3.59. The van der Waals surface area contributed by atoms with E-state index in [0.717, 1.165) is 21.7 Å². The molecule has 2 heterocycles. The monoisotopic (exact) mass is 333 g/mol. The summed E-state index contributed by atoms with van der Waals surface area (Å²) in [5.74, 6) is 0. The fourth-order valence-corrected chi connectivity index (χ4v) is 4.46. The highest BCUT2D eigenvalue weighted by Crippen LogP contribution is 2.31. The molecule has 0 saturated carbocycles. The number of hydrogen-bond donors (Lipinski definition) is 2. The van der Waals surface area contributed by atoms with Gasteiger partial charge in [-0.2, -0.15) is 5.10 Å². The van der Waals surface area contributed by atoms with E-state index < -0.39 is 10.0 Å². The second kappa shape index (κ2) is 5.58. The minimum atomic E-state index is -3.59. The van der Waals surface area contributed by atoms with E-state index in [9.17, 15) is 8.42 Å². The second-order valence-electron chi connectivity index (χ2n) is 4.94. The van der Waals surface area contributed by atoms with Crippen molar-refractivity contribution in [2.45, 2.75) is 18.1 Å². The summed E-state index contributed by atoms with van der Waals surface area (Å²) in [4.78, 5) is 0.832. The van der Waals surface area contributed by atoms with Crippen LogP contribution in [0.2, 0.25) is 0 Å². The third kappa shape index (κ3) is 2.77. The normalized spacial score (nSPS) is 11.5. The van der Waals surface area contributed by atoms with Gasteiger partial charge >= 0.3 is 0 Å². The predicted octanol–water partition coefficient (Wildman–Crippen LogP) is 3.56. The summed E-state index contributed by atoms with van der Waals surface area (Å²) in [5, 5.41) is 6.71. The van der Waals surface area contributed by atoms with Crippen molar-refractivity contribution in [2.24, 2.45) is 0 Å². The van der Waals surface area contributed by atoms with Gasteiger partial charge in [-0.05, 0) is 49.2 Å². The number of nitrogens with one attached hydrogen (secondary N) is 2. The maximum Gasteiger partial charge on any atom is 0.271 e. The van der Waals surface area contributed by atoms with Crippen LogP contribution in [0.5, 0.6) is 0 Å². The molecule has 7 heteroatoms. The predicted molar refractivity (Wildman–Crippen MR) is 88.6 cm³/mol. The van der Waals surface area contributed by atoms with Crippen molar-refractivity contribution in [1.29, 1.82) is 0 Å². The van der Waals surface area contributed by atoms with Crippen LogP contribution in [-0.4, -0.2) is 18.6 Å². The van der Waals surface area contributed by atoms with Crippen molar-refractivity contribution >= 4 is 27.0 Å². The number of aromatic nitrogens is 2. The molecular weight excluding hydrogens is 318 g/mol. The number of anilines is 1. The minimum Gasteiger partial charge on any atom is -0.279 e. The lowest BCUT2D eigenvalue weighted by Gasteiger charge is -2.10. The quantitative estimate of drug-likeness (QED) is 0.766. The van der Waals surface area contributed by atoms with Gasteiger partial charge in [-0.15, -0.1) is 11.3 Å². The van der Waals surface area contributed by atoms with Crippen molar-refractivity contribution in [3.05, 3.63) is 53.7 Å². The molecule has 0 bridgehead atoms. The molecule has 0 saturated heterocycles. The van der Waals surface area contributed by atoms with E-state index in [4.69, 9.17) is 0 Å². The standard InChI is InChI=1S/C15H15N3O2S2/c1-10-4-3-5-12(11(10)2)18-22(19,20)15-7-6-14(21-15)13-8-9-16-17-13/h3-9,18H,1-2H3,(H,16,17). The van der Waals surface area contributed by atoms with E-state index in [1.54, 1.807) is 30.5 Å². The Morgan fingerprint density at radius 3 is 2.68 bits per heavy atom. The molecule has 1 aromatic carbocycles. The summed E-state index contributed by atoms with van der Waals surface area (Å²) >= 11 is 1.21. The van der Waals surface area contributed by atoms with Gasteiger partial charge in [-0.1, -0.05) is 12.1 Å². The summed E-state index contributed by atoms with van der Waals surface area (Å²) in [6, 6.07) is 10.7. The lowest BCUT2D eigenvalue weighted by atomic mass is 10.1. The third-order valence-corrected chi connectivity index (χ3v) is 6.44. The van der Waals surface area contributed by atoms with Crippen molar-refractivity contribution in [1.82, 2.24) is 10.2 Å². The number of sulfonamides is 1. The lowest BCUT2D eigenvalue weighted by Crippen LogP contribution is -2.12. The van der Waals surface area contributed by atoms with Crippen molar-refractivity contribution < 1.29 is 8.42 Å². The average Bonchev–Trinajstić information content (AvgIpc) is 3.13. The molecule has 3 aromatic rings. The highest BCUT2D eigenvalue weighted by Gasteiger charge is 2.19. The van der Waals surface area contributed by atoms with Gasteiger partial charge in [0.25, 0.3) is 10.0 Å². The molecular formula is C15H15N3O2S2. The first kappa shape index (κ1) is 14.8. The fraction of sp³-hybridized carbons (Fsp3) is 0.133. The Bertz CT molecular complexity index is 897. The first-order valence-corrected chi connectivity index (χ1v) is 8.96. The summed E-state index contributed by atoms with van der Waals surface area (Å²) < 4.78 is 28.0. The van der Waals surface area contributed by atoms with Gasteiger partial charge in [0.1, 0.15) is 4.21 Å². The Labute approximate surface area is 133 Å². The van der Waals surface area contributed by atoms with Crippen LogP contribution >= 0.6 is 11.3 Å². The Morgan fingerprint density at radius 1 is 1.14 bits per heavy atom. The molecule has 5 nitrogen and oxygen atoms in total. The molecule has 0 radical (unpaired) electrons. The molecule has 0 amide bonds. The molecule has 2 aromatic heterocycles. The fourth-order valence-electron chi connectivity index (χ4n) is 2.06. The molecule has 0 aliphatic carbocycles. The number of thiophene rings is 1. The zero-order valence-corrected chi connectivity index (χ0v) is 13.8. The largest absolute Gasteiger partial charge is 0.279 e. The van der Waals surface area contributed by atoms with E-state index in [1.807, 2.05) is 26.0 Å². The first-order chi connectivity index (χ1) is 10.5. The Kier molecular flexibility index (Phi) is 3.76. The SMILES string of the molecule is Cc1cccc(NS(=O)(=O)c2ccc(-c3ccn[nH]3)s2)c1C. The molecule has 0 spiro atoms. The molecule has 0 aliphatic heterocycles. The molecule has 114 valence electrons. The number of benzene rings is 1. The van der Waals surface area contributed by atoms with Gasteiger partial charge in [0, 0.05) is 6.20 Å². The number of nitrogens with zero attached hydrogens (tertiary/aromatic N) is 1. The molecule has 22 heavy (non-hydrogen) atoms. The van der Waals surface area contributed by atoms with E-state index in [1.165, 1.54) is 11.3 Å². The number of rotatable bonds is 4. The highest BCUT2D eigenvalue weighted by atomic mass is 32.2. The van der Waals surface area contributed by atoms with E-state index >= 15 is 0 Å². The van der Waals surface area contributed by atoms with Crippen LogP contribution in [0.4, 0.5) is 5.69 Å². The number of hydrogen-bond acceptors (Lipinski definition) is 4. The van der Waals surface area contributed by atoms with E-state index in [0.29, 0.717) is 5.69 Å². The second-order valence-corrected chi connectivity index (χ2v) is 7.93. The average molecular weight is 333 g/mol. The smallest absolute Gasteiger partial charge is 0.271 e. The van der Waals surface area contributed by atoms with Crippen LogP contribution < -0.4 is 4.72 Å².